The molecule has 0 aliphatic heterocycles. The summed E-state index contributed by atoms with van der Waals surface area (Å²) in [4.78, 5) is 1.33. The minimum absolute atomic E-state index is 1.24. The van der Waals surface area contributed by atoms with E-state index < -0.39 is 0 Å². The molecule has 13 heavy (non-hydrogen) atoms. The minimum atomic E-state index is 1.24. The first kappa shape index (κ1) is 12.9. The van der Waals surface area contributed by atoms with Gasteiger partial charge in [-0.25, -0.2) is 0 Å². The third-order valence-corrected chi connectivity index (χ3v) is 2.87. The highest BCUT2D eigenvalue weighted by Crippen LogP contribution is 2.13. The van der Waals surface area contributed by atoms with Crippen LogP contribution in [0.4, 0.5) is 0 Å². The van der Waals surface area contributed by atoms with Gasteiger partial charge in [-0.05, 0) is 37.3 Å². The molecule has 0 spiro atoms. The molecule has 1 aromatic rings. The van der Waals surface area contributed by atoms with Crippen molar-refractivity contribution in [1.29, 1.82) is 0 Å². The summed E-state index contributed by atoms with van der Waals surface area (Å²) in [6.45, 7) is 4.24. The van der Waals surface area contributed by atoms with E-state index in [1.54, 1.807) is 11.8 Å². The molecule has 74 valence electrons. The number of benzene rings is 1. The normalized spacial score (nSPS) is 8.92. The van der Waals surface area contributed by atoms with E-state index >= 15 is 0 Å². The lowest BCUT2D eigenvalue weighted by molar-refractivity contribution is 1.38. The van der Waals surface area contributed by atoms with Gasteiger partial charge in [0.25, 0.3) is 0 Å². The van der Waals surface area contributed by atoms with Crippen LogP contribution >= 0.6 is 23.5 Å². The SMILES string of the molecule is CCSC.CSc1ccc(C)cc1. The van der Waals surface area contributed by atoms with Gasteiger partial charge in [0.05, 0.1) is 0 Å². The number of hydrogen-bond donors (Lipinski definition) is 0. The van der Waals surface area contributed by atoms with Crippen LogP contribution < -0.4 is 0 Å². The van der Waals surface area contributed by atoms with Crippen LogP contribution in [0.15, 0.2) is 29.2 Å². The molecule has 0 nitrogen and oxygen atoms in total. The van der Waals surface area contributed by atoms with Gasteiger partial charge in [-0.1, -0.05) is 24.6 Å². The van der Waals surface area contributed by atoms with Crippen LogP contribution in [0.5, 0.6) is 0 Å². The van der Waals surface area contributed by atoms with Crippen LogP contribution in [-0.2, 0) is 0 Å². The van der Waals surface area contributed by atoms with Crippen molar-refractivity contribution in [2.75, 3.05) is 18.3 Å². The quantitative estimate of drug-likeness (QED) is 0.680. The van der Waals surface area contributed by atoms with Crippen LogP contribution in [0, 0.1) is 6.92 Å². The third kappa shape index (κ3) is 7.03. The van der Waals surface area contributed by atoms with Gasteiger partial charge in [0.15, 0.2) is 0 Å². The Balaban J connectivity index is 0.000000310. The predicted octanol–water partition coefficient (Wildman–Crippen LogP) is 4.09. The molecule has 0 fully saturated rings. The molecule has 0 unspecified atom stereocenters. The maximum absolute atomic E-state index is 2.14. The summed E-state index contributed by atoms with van der Waals surface area (Å²) in [5.74, 6) is 1.24. The third-order valence-electron chi connectivity index (χ3n) is 1.55. The molecule has 0 saturated heterocycles. The predicted molar refractivity (Wildman–Crippen MR) is 67.0 cm³/mol. The van der Waals surface area contributed by atoms with Crippen molar-refractivity contribution >= 4 is 23.5 Å². The van der Waals surface area contributed by atoms with Crippen LogP contribution in [0.1, 0.15) is 12.5 Å². The van der Waals surface area contributed by atoms with E-state index in [0.29, 0.717) is 0 Å². The van der Waals surface area contributed by atoms with Crippen LogP contribution in [0.2, 0.25) is 0 Å². The van der Waals surface area contributed by atoms with Crippen molar-refractivity contribution in [3.8, 4) is 0 Å². The number of rotatable bonds is 2. The van der Waals surface area contributed by atoms with Crippen molar-refractivity contribution < 1.29 is 0 Å². The highest BCUT2D eigenvalue weighted by atomic mass is 32.2. The molecule has 0 bridgehead atoms. The van der Waals surface area contributed by atoms with Gasteiger partial charge in [0.1, 0.15) is 0 Å². The molecule has 2 heteroatoms. The molecule has 0 amide bonds. The smallest absolute Gasteiger partial charge is 0.00693 e. The molecule has 0 aromatic heterocycles. The standard InChI is InChI=1S/C8H10S.C3H8S/c1-7-3-5-8(9-2)6-4-7;1-3-4-2/h3-6H,1-2H3;3H2,1-2H3. The number of hydrogen-bond acceptors (Lipinski definition) is 2. The summed E-state index contributed by atoms with van der Waals surface area (Å²) in [6, 6.07) is 8.54. The molecule has 0 aliphatic carbocycles. The zero-order valence-electron chi connectivity index (χ0n) is 8.83. The summed E-state index contributed by atoms with van der Waals surface area (Å²) in [6.07, 6.45) is 4.19. The largest absolute Gasteiger partial charge is 0.166 e. The maximum Gasteiger partial charge on any atom is 0.00693 e. The van der Waals surface area contributed by atoms with E-state index in [0.717, 1.165) is 0 Å². The summed E-state index contributed by atoms with van der Waals surface area (Å²) in [5, 5.41) is 0. The lowest BCUT2D eigenvalue weighted by atomic mass is 10.2. The first-order valence-corrected chi connectivity index (χ1v) is 6.96. The average molecular weight is 214 g/mol. The summed E-state index contributed by atoms with van der Waals surface area (Å²) < 4.78 is 0. The fourth-order valence-corrected chi connectivity index (χ4v) is 1.08. The van der Waals surface area contributed by atoms with Gasteiger partial charge < -0.3 is 0 Å². The Morgan fingerprint density at radius 1 is 1.08 bits per heavy atom. The van der Waals surface area contributed by atoms with Crippen LogP contribution in [0.3, 0.4) is 0 Å². The lowest BCUT2D eigenvalue weighted by Gasteiger charge is -1.93. The number of aryl methyl sites for hydroxylation is 1. The Hall–Kier alpha value is -0.0800. The molecule has 0 atom stereocenters. The van der Waals surface area contributed by atoms with Crippen molar-refractivity contribution in [3.63, 3.8) is 0 Å². The molecule has 0 heterocycles. The molecular weight excluding hydrogens is 196 g/mol. The first-order chi connectivity index (χ1) is 6.24. The zero-order valence-corrected chi connectivity index (χ0v) is 10.5. The summed E-state index contributed by atoms with van der Waals surface area (Å²) >= 11 is 3.63. The highest BCUT2D eigenvalue weighted by Gasteiger charge is 1.85. The van der Waals surface area contributed by atoms with Crippen molar-refractivity contribution in [1.82, 2.24) is 0 Å². The molecule has 1 rings (SSSR count). The lowest BCUT2D eigenvalue weighted by Crippen LogP contribution is -1.70. The monoisotopic (exact) mass is 214 g/mol. The molecule has 0 aliphatic rings. The topological polar surface area (TPSA) is 0 Å². The maximum atomic E-state index is 2.14. The van der Waals surface area contributed by atoms with Gasteiger partial charge in [0, 0.05) is 4.90 Å². The van der Waals surface area contributed by atoms with E-state index in [1.807, 2.05) is 11.8 Å². The Kier molecular flexibility index (Phi) is 8.46. The van der Waals surface area contributed by atoms with E-state index in [1.165, 1.54) is 16.2 Å². The van der Waals surface area contributed by atoms with Gasteiger partial charge in [-0.15, -0.1) is 11.8 Å². The molecule has 1 aromatic carbocycles. The Bertz CT molecular complexity index is 202. The highest BCUT2D eigenvalue weighted by molar-refractivity contribution is 7.98. The number of thioether (sulfide) groups is 2. The van der Waals surface area contributed by atoms with Crippen LogP contribution in [-0.4, -0.2) is 18.3 Å². The second-order valence-corrected chi connectivity index (χ2v) is 4.63. The van der Waals surface area contributed by atoms with Crippen molar-refractivity contribution in [2.45, 2.75) is 18.7 Å². The molecular formula is C11H18S2. The zero-order chi connectivity index (χ0) is 10.1. The van der Waals surface area contributed by atoms with E-state index in [2.05, 4.69) is 50.6 Å². The molecule has 0 radical (unpaired) electrons. The average Bonchev–Trinajstić information content (AvgIpc) is 2.19. The van der Waals surface area contributed by atoms with Crippen molar-refractivity contribution in [3.05, 3.63) is 29.8 Å². The van der Waals surface area contributed by atoms with Gasteiger partial charge in [0.2, 0.25) is 0 Å². The Morgan fingerprint density at radius 2 is 1.54 bits per heavy atom. The minimum Gasteiger partial charge on any atom is -0.166 e. The second-order valence-electron chi connectivity index (χ2n) is 2.59. The fourth-order valence-electron chi connectivity index (χ4n) is 0.674. The van der Waals surface area contributed by atoms with E-state index in [9.17, 15) is 0 Å². The van der Waals surface area contributed by atoms with E-state index in [4.69, 9.17) is 0 Å². The first-order valence-electron chi connectivity index (χ1n) is 4.34. The summed E-state index contributed by atoms with van der Waals surface area (Å²) in [5.41, 5.74) is 1.33. The van der Waals surface area contributed by atoms with Crippen molar-refractivity contribution in [2.24, 2.45) is 0 Å². The second kappa shape index (κ2) is 8.52. The van der Waals surface area contributed by atoms with Gasteiger partial charge in [-0.3, -0.25) is 0 Å². The van der Waals surface area contributed by atoms with Gasteiger partial charge >= 0.3 is 0 Å². The molecule has 0 N–H and O–H groups in total. The fraction of sp³-hybridized carbons (Fsp3) is 0.455. The van der Waals surface area contributed by atoms with Gasteiger partial charge in [-0.2, -0.15) is 11.8 Å². The molecule has 0 saturated carbocycles. The Morgan fingerprint density at radius 3 is 1.85 bits per heavy atom. The Labute approximate surface area is 90.5 Å². The van der Waals surface area contributed by atoms with E-state index in [-0.39, 0.29) is 0 Å². The summed E-state index contributed by atoms with van der Waals surface area (Å²) in [7, 11) is 0. The van der Waals surface area contributed by atoms with Crippen LogP contribution in [0.25, 0.3) is 0 Å².